The predicted molar refractivity (Wildman–Crippen MR) is 84.6 cm³/mol. The molecular formula is C16H20N4O. The van der Waals surface area contributed by atoms with E-state index >= 15 is 0 Å². The Labute approximate surface area is 124 Å². The molecule has 1 aromatic carbocycles. The Morgan fingerprint density at radius 3 is 2.57 bits per heavy atom. The van der Waals surface area contributed by atoms with Gasteiger partial charge in [-0.1, -0.05) is 6.07 Å². The van der Waals surface area contributed by atoms with Gasteiger partial charge in [0.15, 0.2) is 0 Å². The van der Waals surface area contributed by atoms with Gasteiger partial charge in [-0.05, 0) is 37.5 Å². The summed E-state index contributed by atoms with van der Waals surface area (Å²) in [5.74, 6) is 3.86. The molecule has 1 saturated carbocycles. The SMILES string of the molecule is CNc1cc(Nc2cc(C)ccc2OC)nc(C2CC2)n1. The molecule has 1 heterocycles. The fraction of sp³-hybridized carbons (Fsp3) is 0.375. The molecule has 3 rings (SSSR count). The summed E-state index contributed by atoms with van der Waals surface area (Å²) in [5.41, 5.74) is 2.09. The molecule has 5 heteroatoms. The third-order valence-electron chi connectivity index (χ3n) is 3.56. The van der Waals surface area contributed by atoms with Crippen molar-refractivity contribution in [2.24, 2.45) is 0 Å². The minimum Gasteiger partial charge on any atom is -0.495 e. The molecular weight excluding hydrogens is 264 g/mol. The Kier molecular flexibility index (Phi) is 3.64. The first kappa shape index (κ1) is 13.7. The summed E-state index contributed by atoms with van der Waals surface area (Å²) >= 11 is 0. The van der Waals surface area contributed by atoms with Crippen molar-refractivity contribution in [2.75, 3.05) is 24.8 Å². The van der Waals surface area contributed by atoms with Gasteiger partial charge in [-0.2, -0.15) is 0 Å². The first-order chi connectivity index (χ1) is 10.2. The number of aromatic nitrogens is 2. The number of rotatable bonds is 5. The maximum atomic E-state index is 5.40. The molecule has 5 nitrogen and oxygen atoms in total. The van der Waals surface area contributed by atoms with E-state index in [2.05, 4.69) is 33.6 Å². The van der Waals surface area contributed by atoms with Crippen molar-refractivity contribution in [3.05, 3.63) is 35.7 Å². The van der Waals surface area contributed by atoms with Crippen LogP contribution in [0.15, 0.2) is 24.3 Å². The zero-order chi connectivity index (χ0) is 14.8. The number of nitrogens with one attached hydrogen (secondary N) is 2. The van der Waals surface area contributed by atoms with Crippen LogP contribution in [0.1, 0.15) is 30.1 Å². The van der Waals surface area contributed by atoms with Gasteiger partial charge in [0.1, 0.15) is 23.2 Å². The number of methoxy groups -OCH3 is 1. The van der Waals surface area contributed by atoms with E-state index in [1.165, 1.54) is 18.4 Å². The maximum absolute atomic E-state index is 5.40. The van der Waals surface area contributed by atoms with E-state index in [1.807, 2.05) is 25.2 Å². The van der Waals surface area contributed by atoms with E-state index in [4.69, 9.17) is 4.74 Å². The van der Waals surface area contributed by atoms with E-state index in [0.29, 0.717) is 5.92 Å². The Balaban J connectivity index is 1.93. The van der Waals surface area contributed by atoms with Crippen molar-refractivity contribution in [2.45, 2.75) is 25.7 Å². The van der Waals surface area contributed by atoms with Gasteiger partial charge in [0.2, 0.25) is 0 Å². The van der Waals surface area contributed by atoms with Crippen LogP contribution in [-0.4, -0.2) is 24.1 Å². The molecule has 1 fully saturated rings. The number of hydrogen-bond acceptors (Lipinski definition) is 5. The number of nitrogens with zero attached hydrogens (tertiary/aromatic N) is 2. The summed E-state index contributed by atoms with van der Waals surface area (Å²) in [7, 11) is 3.54. The second-order valence-electron chi connectivity index (χ2n) is 5.35. The van der Waals surface area contributed by atoms with E-state index in [0.717, 1.165) is 28.9 Å². The fourth-order valence-corrected chi connectivity index (χ4v) is 2.24. The lowest BCUT2D eigenvalue weighted by Gasteiger charge is -2.13. The van der Waals surface area contributed by atoms with Crippen molar-refractivity contribution in [1.29, 1.82) is 0 Å². The number of benzene rings is 1. The second kappa shape index (κ2) is 5.60. The third kappa shape index (κ3) is 3.07. The van der Waals surface area contributed by atoms with Crippen molar-refractivity contribution >= 4 is 17.3 Å². The van der Waals surface area contributed by atoms with Gasteiger partial charge in [0, 0.05) is 19.0 Å². The molecule has 110 valence electrons. The maximum Gasteiger partial charge on any atom is 0.142 e. The number of anilines is 3. The molecule has 0 saturated heterocycles. The van der Waals surface area contributed by atoms with E-state index in [9.17, 15) is 0 Å². The first-order valence-electron chi connectivity index (χ1n) is 7.18. The van der Waals surface area contributed by atoms with Crippen LogP contribution in [0.2, 0.25) is 0 Å². The fourth-order valence-electron chi connectivity index (χ4n) is 2.24. The van der Waals surface area contributed by atoms with Crippen molar-refractivity contribution in [3.63, 3.8) is 0 Å². The summed E-state index contributed by atoms with van der Waals surface area (Å²) in [6.45, 7) is 2.05. The summed E-state index contributed by atoms with van der Waals surface area (Å²) in [5, 5.41) is 6.44. The average Bonchev–Trinajstić information content (AvgIpc) is 3.32. The van der Waals surface area contributed by atoms with Gasteiger partial charge in [-0.15, -0.1) is 0 Å². The van der Waals surface area contributed by atoms with Crippen LogP contribution in [0.4, 0.5) is 17.3 Å². The average molecular weight is 284 g/mol. The van der Waals surface area contributed by atoms with E-state index in [-0.39, 0.29) is 0 Å². The number of aryl methyl sites for hydroxylation is 1. The molecule has 21 heavy (non-hydrogen) atoms. The monoisotopic (exact) mass is 284 g/mol. The Hall–Kier alpha value is -2.30. The molecule has 0 amide bonds. The second-order valence-corrected chi connectivity index (χ2v) is 5.35. The largest absolute Gasteiger partial charge is 0.495 e. The molecule has 0 bridgehead atoms. The third-order valence-corrected chi connectivity index (χ3v) is 3.56. The molecule has 0 atom stereocenters. The highest BCUT2D eigenvalue weighted by atomic mass is 16.5. The molecule has 2 N–H and O–H groups in total. The van der Waals surface area contributed by atoms with Crippen LogP contribution in [0.5, 0.6) is 5.75 Å². The van der Waals surface area contributed by atoms with Crippen LogP contribution in [0.3, 0.4) is 0 Å². The normalized spacial score (nSPS) is 13.9. The number of ether oxygens (including phenoxy) is 1. The topological polar surface area (TPSA) is 59.1 Å². The van der Waals surface area contributed by atoms with E-state index in [1.54, 1.807) is 7.11 Å². The quantitative estimate of drug-likeness (QED) is 0.880. The van der Waals surface area contributed by atoms with Gasteiger partial charge in [-0.3, -0.25) is 0 Å². The van der Waals surface area contributed by atoms with Crippen LogP contribution >= 0.6 is 0 Å². The zero-order valence-electron chi connectivity index (χ0n) is 12.6. The van der Waals surface area contributed by atoms with Gasteiger partial charge in [-0.25, -0.2) is 9.97 Å². The van der Waals surface area contributed by atoms with Gasteiger partial charge in [0.25, 0.3) is 0 Å². The highest BCUT2D eigenvalue weighted by Gasteiger charge is 2.27. The zero-order valence-corrected chi connectivity index (χ0v) is 12.6. The smallest absolute Gasteiger partial charge is 0.142 e. The minimum absolute atomic E-state index is 0.512. The van der Waals surface area contributed by atoms with Crippen LogP contribution < -0.4 is 15.4 Å². The van der Waals surface area contributed by atoms with Crippen LogP contribution in [0, 0.1) is 6.92 Å². The van der Waals surface area contributed by atoms with Crippen LogP contribution in [-0.2, 0) is 0 Å². The minimum atomic E-state index is 0.512. The van der Waals surface area contributed by atoms with Crippen molar-refractivity contribution in [1.82, 2.24) is 9.97 Å². The molecule has 1 aliphatic carbocycles. The molecule has 2 aromatic rings. The lowest BCUT2D eigenvalue weighted by molar-refractivity contribution is 0.416. The molecule has 1 aromatic heterocycles. The van der Waals surface area contributed by atoms with Gasteiger partial charge < -0.3 is 15.4 Å². The Morgan fingerprint density at radius 2 is 1.90 bits per heavy atom. The molecule has 0 unspecified atom stereocenters. The standard InChI is InChI=1S/C16H20N4O/c1-10-4-7-13(21-3)12(8-10)18-15-9-14(17-2)19-16(20-15)11-5-6-11/h4,7-9,11H,5-6H2,1-3H3,(H2,17,18,19,20). The van der Waals surface area contributed by atoms with Crippen molar-refractivity contribution < 1.29 is 4.74 Å². The molecule has 1 aliphatic rings. The lowest BCUT2D eigenvalue weighted by Crippen LogP contribution is -2.04. The lowest BCUT2D eigenvalue weighted by atomic mass is 10.2. The molecule has 0 radical (unpaired) electrons. The summed E-state index contributed by atoms with van der Waals surface area (Å²) in [6, 6.07) is 7.95. The molecule has 0 spiro atoms. The van der Waals surface area contributed by atoms with Crippen molar-refractivity contribution in [3.8, 4) is 5.75 Å². The Morgan fingerprint density at radius 1 is 1.14 bits per heavy atom. The highest BCUT2D eigenvalue weighted by Crippen LogP contribution is 2.39. The van der Waals surface area contributed by atoms with Crippen LogP contribution in [0.25, 0.3) is 0 Å². The Bertz CT molecular complexity index is 653. The molecule has 0 aliphatic heterocycles. The summed E-state index contributed by atoms with van der Waals surface area (Å²) < 4.78 is 5.40. The predicted octanol–water partition coefficient (Wildman–Crippen LogP) is 3.46. The number of hydrogen-bond donors (Lipinski definition) is 2. The van der Waals surface area contributed by atoms with Gasteiger partial charge >= 0.3 is 0 Å². The van der Waals surface area contributed by atoms with E-state index < -0.39 is 0 Å². The highest BCUT2D eigenvalue weighted by molar-refractivity contribution is 5.66. The van der Waals surface area contributed by atoms with Gasteiger partial charge in [0.05, 0.1) is 12.8 Å². The summed E-state index contributed by atoms with van der Waals surface area (Å²) in [4.78, 5) is 9.15. The first-order valence-corrected chi connectivity index (χ1v) is 7.18. The summed E-state index contributed by atoms with van der Waals surface area (Å²) in [6.07, 6.45) is 2.36.